The molecule has 0 aliphatic heterocycles. The maximum Gasteiger partial charge on any atom is 0.174 e. The van der Waals surface area contributed by atoms with E-state index in [-0.39, 0.29) is 5.78 Å². The summed E-state index contributed by atoms with van der Waals surface area (Å²) in [7, 11) is 0. The second-order valence-corrected chi connectivity index (χ2v) is 6.33. The summed E-state index contributed by atoms with van der Waals surface area (Å²) in [5.74, 6) is 0.534. The topological polar surface area (TPSA) is 34.9 Å². The number of carbonyl (C=O) groups is 1. The Morgan fingerprint density at radius 2 is 1.83 bits per heavy atom. The van der Waals surface area contributed by atoms with Gasteiger partial charge in [-0.25, -0.2) is 4.98 Å². The Kier molecular flexibility index (Phi) is 4.63. The maximum atomic E-state index is 12.6. The number of benzene rings is 1. The van der Waals surface area contributed by atoms with Crippen LogP contribution in [0.25, 0.3) is 5.69 Å². The van der Waals surface area contributed by atoms with E-state index in [1.54, 1.807) is 6.20 Å². The summed E-state index contributed by atoms with van der Waals surface area (Å²) in [5, 5.41) is 0.873. The SMILES string of the molecule is Cc1cc(C(=O)CSc2ccccn2)c(C)n1-c1ccccc1. The van der Waals surface area contributed by atoms with Gasteiger partial charge in [0.05, 0.1) is 10.8 Å². The number of para-hydroxylation sites is 1. The highest BCUT2D eigenvalue weighted by Gasteiger charge is 2.16. The van der Waals surface area contributed by atoms with Crippen LogP contribution in [0.1, 0.15) is 21.7 Å². The Bertz CT molecular complexity index is 810. The Balaban J connectivity index is 1.82. The Labute approximate surface area is 140 Å². The number of hydrogen-bond acceptors (Lipinski definition) is 3. The summed E-state index contributed by atoms with van der Waals surface area (Å²) in [6.45, 7) is 4.03. The predicted octanol–water partition coefficient (Wildman–Crippen LogP) is 4.46. The second kappa shape index (κ2) is 6.84. The van der Waals surface area contributed by atoms with Crippen LogP contribution in [-0.2, 0) is 0 Å². The fourth-order valence-electron chi connectivity index (χ4n) is 2.67. The molecule has 2 aromatic heterocycles. The van der Waals surface area contributed by atoms with Gasteiger partial charge in [0.25, 0.3) is 0 Å². The summed E-state index contributed by atoms with van der Waals surface area (Å²) >= 11 is 1.47. The van der Waals surface area contributed by atoms with E-state index in [1.165, 1.54) is 11.8 Å². The molecule has 2 heterocycles. The molecule has 3 nitrogen and oxygen atoms in total. The third-order valence-electron chi connectivity index (χ3n) is 3.73. The van der Waals surface area contributed by atoms with Crippen LogP contribution < -0.4 is 0 Å². The van der Waals surface area contributed by atoms with Gasteiger partial charge in [-0.05, 0) is 44.2 Å². The van der Waals surface area contributed by atoms with Gasteiger partial charge in [-0.3, -0.25) is 4.79 Å². The standard InChI is InChI=1S/C19H18N2OS/c1-14-12-17(15(2)21(14)16-8-4-3-5-9-16)18(22)13-23-19-10-6-7-11-20-19/h3-12H,13H2,1-2H3. The van der Waals surface area contributed by atoms with Gasteiger partial charge in [-0.15, -0.1) is 0 Å². The molecular weight excluding hydrogens is 304 g/mol. The first-order valence-corrected chi connectivity index (χ1v) is 8.47. The highest BCUT2D eigenvalue weighted by molar-refractivity contribution is 7.99. The monoisotopic (exact) mass is 322 g/mol. The number of Topliss-reactive ketones (excluding diaryl/α,β-unsaturated/α-hetero) is 1. The minimum atomic E-state index is 0.135. The molecule has 0 saturated heterocycles. The first-order chi connectivity index (χ1) is 11.2. The minimum absolute atomic E-state index is 0.135. The highest BCUT2D eigenvalue weighted by atomic mass is 32.2. The molecule has 4 heteroatoms. The van der Waals surface area contributed by atoms with Crippen LogP contribution in [-0.4, -0.2) is 21.1 Å². The van der Waals surface area contributed by atoms with Crippen LogP contribution >= 0.6 is 11.8 Å². The number of nitrogens with zero attached hydrogens (tertiary/aromatic N) is 2. The molecule has 1 aromatic carbocycles. The molecule has 0 spiro atoms. The number of hydrogen-bond donors (Lipinski definition) is 0. The lowest BCUT2D eigenvalue weighted by atomic mass is 10.2. The average molecular weight is 322 g/mol. The van der Waals surface area contributed by atoms with Crippen molar-refractivity contribution < 1.29 is 4.79 Å². The molecule has 0 atom stereocenters. The number of aryl methyl sites for hydroxylation is 1. The predicted molar refractivity (Wildman–Crippen MR) is 94.5 cm³/mol. The van der Waals surface area contributed by atoms with E-state index in [1.807, 2.05) is 56.3 Å². The van der Waals surface area contributed by atoms with Gasteiger partial charge in [0.15, 0.2) is 5.78 Å². The van der Waals surface area contributed by atoms with E-state index in [4.69, 9.17) is 0 Å². The minimum Gasteiger partial charge on any atom is -0.318 e. The zero-order chi connectivity index (χ0) is 16.2. The van der Waals surface area contributed by atoms with Crippen molar-refractivity contribution in [3.05, 3.63) is 77.7 Å². The molecule has 23 heavy (non-hydrogen) atoms. The van der Waals surface area contributed by atoms with E-state index in [2.05, 4.69) is 21.7 Å². The molecule has 0 unspecified atom stereocenters. The number of carbonyl (C=O) groups excluding carboxylic acids is 1. The van der Waals surface area contributed by atoms with Crippen molar-refractivity contribution in [2.75, 3.05) is 5.75 Å². The molecule has 116 valence electrons. The molecule has 0 radical (unpaired) electrons. The van der Waals surface area contributed by atoms with E-state index >= 15 is 0 Å². The second-order valence-electron chi connectivity index (χ2n) is 5.34. The van der Waals surface area contributed by atoms with E-state index in [9.17, 15) is 4.79 Å². The molecular formula is C19H18N2OS. The number of ketones is 1. The largest absolute Gasteiger partial charge is 0.318 e. The molecule has 0 amide bonds. The summed E-state index contributed by atoms with van der Waals surface area (Å²) in [5.41, 5.74) is 3.92. The average Bonchev–Trinajstić information content (AvgIpc) is 2.89. The van der Waals surface area contributed by atoms with Crippen LogP contribution in [0, 0.1) is 13.8 Å². The van der Waals surface area contributed by atoms with Crippen LogP contribution in [0.15, 0.2) is 65.8 Å². The molecule has 0 bridgehead atoms. The van der Waals surface area contributed by atoms with Gasteiger partial charge in [0.2, 0.25) is 0 Å². The van der Waals surface area contributed by atoms with Gasteiger partial charge in [-0.2, -0.15) is 0 Å². The van der Waals surface area contributed by atoms with Crippen LogP contribution in [0.2, 0.25) is 0 Å². The van der Waals surface area contributed by atoms with Crippen molar-refractivity contribution in [2.45, 2.75) is 18.9 Å². The molecule has 0 aliphatic rings. The Morgan fingerprint density at radius 1 is 1.09 bits per heavy atom. The summed E-state index contributed by atoms with van der Waals surface area (Å²) in [6, 6.07) is 17.8. The quantitative estimate of drug-likeness (QED) is 0.514. The zero-order valence-corrected chi connectivity index (χ0v) is 14.0. The molecule has 0 N–H and O–H groups in total. The molecule has 3 rings (SSSR count). The third-order valence-corrected chi connectivity index (χ3v) is 4.68. The lowest BCUT2D eigenvalue weighted by molar-refractivity contribution is 0.102. The fourth-order valence-corrected chi connectivity index (χ4v) is 3.41. The van der Waals surface area contributed by atoms with Gasteiger partial charge in [-0.1, -0.05) is 36.0 Å². The summed E-state index contributed by atoms with van der Waals surface area (Å²) in [6.07, 6.45) is 1.74. The smallest absolute Gasteiger partial charge is 0.174 e. The van der Waals surface area contributed by atoms with Crippen molar-refractivity contribution in [3.8, 4) is 5.69 Å². The van der Waals surface area contributed by atoms with Gasteiger partial charge >= 0.3 is 0 Å². The Hall–Kier alpha value is -2.33. The lowest BCUT2D eigenvalue weighted by Gasteiger charge is -2.09. The number of thioether (sulfide) groups is 1. The summed E-state index contributed by atoms with van der Waals surface area (Å²) in [4.78, 5) is 16.8. The number of aromatic nitrogens is 2. The van der Waals surface area contributed by atoms with Gasteiger partial charge in [0.1, 0.15) is 0 Å². The molecule has 0 aliphatic carbocycles. The normalized spacial score (nSPS) is 10.7. The molecule has 0 fully saturated rings. The van der Waals surface area contributed by atoms with Crippen molar-refractivity contribution in [1.82, 2.24) is 9.55 Å². The molecule has 0 saturated carbocycles. The fraction of sp³-hybridized carbons (Fsp3) is 0.158. The van der Waals surface area contributed by atoms with E-state index < -0.39 is 0 Å². The first kappa shape index (κ1) is 15.6. The molecule has 3 aromatic rings. The van der Waals surface area contributed by atoms with Gasteiger partial charge < -0.3 is 4.57 Å². The number of pyridine rings is 1. The van der Waals surface area contributed by atoms with Crippen LogP contribution in [0.5, 0.6) is 0 Å². The van der Waals surface area contributed by atoms with Crippen molar-refractivity contribution >= 4 is 17.5 Å². The number of rotatable bonds is 5. The van der Waals surface area contributed by atoms with E-state index in [0.29, 0.717) is 5.75 Å². The zero-order valence-electron chi connectivity index (χ0n) is 13.2. The van der Waals surface area contributed by atoms with Crippen molar-refractivity contribution in [3.63, 3.8) is 0 Å². The third kappa shape index (κ3) is 3.37. The van der Waals surface area contributed by atoms with Crippen LogP contribution in [0.4, 0.5) is 0 Å². The van der Waals surface area contributed by atoms with Crippen LogP contribution in [0.3, 0.4) is 0 Å². The van der Waals surface area contributed by atoms with Crippen molar-refractivity contribution in [2.24, 2.45) is 0 Å². The maximum absolute atomic E-state index is 12.6. The van der Waals surface area contributed by atoms with E-state index in [0.717, 1.165) is 27.7 Å². The Morgan fingerprint density at radius 3 is 2.52 bits per heavy atom. The van der Waals surface area contributed by atoms with Gasteiger partial charge in [0, 0.05) is 28.8 Å². The summed E-state index contributed by atoms with van der Waals surface area (Å²) < 4.78 is 2.12. The van der Waals surface area contributed by atoms with Crippen molar-refractivity contribution in [1.29, 1.82) is 0 Å². The first-order valence-electron chi connectivity index (χ1n) is 7.48. The lowest BCUT2D eigenvalue weighted by Crippen LogP contribution is -2.05. The highest BCUT2D eigenvalue weighted by Crippen LogP contribution is 2.23.